The fourth-order valence-corrected chi connectivity index (χ4v) is 1.84. The highest BCUT2D eigenvalue weighted by Gasteiger charge is 2.19. The number of nitrogen functional groups attached to an aromatic ring is 1. The third-order valence-corrected chi connectivity index (χ3v) is 2.90. The summed E-state index contributed by atoms with van der Waals surface area (Å²) in [4.78, 5) is 0. The van der Waals surface area contributed by atoms with Crippen LogP contribution in [0, 0.1) is 12.7 Å². The van der Waals surface area contributed by atoms with Crippen molar-refractivity contribution >= 4 is 17.3 Å². The molecule has 3 rings (SSSR count). The Kier molecular flexibility index (Phi) is 3.01. The molecule has 3 heterocycles. The molecule has 3 aromatic rings. The van der Waals surface area contributed by atoms with Crippen molar-refractivity contribution in [2.24, 2.45) is 0 Å². The van der Waals surface area contributed by atoms with Gasteiger partial charge in [0.15, 0.2) is 11.5 Å². The van der Waals surface area contributed by atoms with Crippen LogP contribution in [0.5, 0.6) is 0 Å². The Morgan fingerprint density at radius 2 is 2.24 bits per heavy atom. The van der Waals surface area contributed by atoms with E-state index in [1.165, 1.54) is 4.40 Å². The van der Waals surface area contributed by atoms with Crippen molar-refractivity contribution in [3.8, 4) is 11.5 Å². The second-order valence-corrected chi connectivity index (χ2v) is 4.29. The van der Waals surface area contributed by atoms with Gasteiger partial charge in [0.1, 0.15) is 5.82 Å². The van der Waals surface area contributed by atoms with E-state index in [-0.39, 0.29) is 28.8 Å². The van der Waals surface area contributed by atoms with Crippen LogP contribution >= 0.6 is 0 Å². The van der Waals surface area contributed by atoms with Crippen molar-refractivity contribution < 1.29 is 8.81 Å². The standard InChI is InChI=1S/C12H12FN7O/c1-3-4-15-12-19-18-11(21-12)7-5-20-6(2)16-17-10(20)8(13)9(7)14/h3,5H,1,4,14H2,2H3,(H,15,19). The molecule has 0 saturated heterocycles. The zero-order chi connectivity index (χ0) is 15.0. The monoisotopic (exact) mass is 289 g/mol. The highest BCUT2D eigenvalue weighted by atomic mass is 19.1. The molecule has 0 unspecified atom stereocenters. The zero-order valence-electron chi connectivity index (χ0n) is 11.2. The third-order valence-electron chi connectivity index (χ3n) is 2.90. The van der Waals surface area contributed by atoms with Crippen LogP contribution in [0.4, 0.5) is 16.1 Å². The summed E-state index contributed by atoms with van der Waals surface area (Å²) in [6.45, 7) is 5.73. The van der Waals surface area contributed by atoms with Crippen molar-refractivity contribution in [1.82, 2.24) is 24.8 Å². The van der Waals surface area contributed by atoms with Crippen LogP contribution in [-0.2, 0) is 0 Å². The fourth-order valence-electron chi connectivity index (χ4n) is 1.84. The van der Waals surface area contributed by atoms with E-state index < -0.39 is 5.82 Å². The normalized spacial score (nSPS) is 11.0. The maximum atomic E-state index is 14.2. The number of aromatic nitrogens is 5. The quantitative estimate of drug-likeness (QED) is 0.699. The number of nitrogens with one attached hydrogen (secondary N) is 1. The van der Waals surface area contributed by atoms with E-state index in [1.54, 1.807) is 19.2 Å². The molecule has 0 fully saturated rings. The van der Waals surface area contributed by atoms with Crippen LogP contribution in [0.25, 0.3) is 17.1 Å². The van der Waals surface area contributed by atoms with Gasteiger partial charge in [-0.25, -0.2) is 4.39 Å². The van der Waals surface area contributed by atoms with Gasteiger partial charge in [-0.1, -0.05) is 11.2 Å². The lowest BCUT2D eigenvalue weighted by Gasteiger charge is -2.04. The van der Waals surface area contributed by atoms with Crippen LogP contribution in [0.3, 0.4) is 0 Å². The van der Waals surface area contributed by atoms with E-state index in [4.69, 9.17) is 10.2 Å². The lowest BCUT2D eigenvalue weighted by molar-refractivity contribution is 0.581. The first-order valence-corrected chi connectivity index (χ1v) is 6.09. The Balaban J connectivity index is 2.11. The number of nitrogens with two attached hydrogens (primary N) is 1. The molecular weight excluding hydrogens is 277 g/mol. The minimum atomic E-state index is -0.674. The Labute approximate surface area is 118 Å². The smallest absolute Gasteiger partial charge is 0.315 e. The number of pyridine rings is 1. The van der Waals surface area contributed by atoms with Crippen LogP contribution in [-0.4, -0.2) is 31.3 Å². The summed E-state index contributed by atoms with van der Waals surface area (Å²) >= 11 is 0. The first-order valence-electron chi connectivity index (χ1n) is 6.09. The predicted molar refractivity (Wildman–Crippen MR) is 74.1 cm³/mol. The first-order chi connectivity index (χ1) is 10.1. The average Bonchev–Trinajstić information content (AvgIpc) is 3.08. The van der Waals surface area contributed by atoms with Crippen molar-refractivity contribution in [2.45, 2.75) is 6.92 Å². The molecule has 0 aliphatic heterocycles. The lowest BCUT2D eigenvalue weighted by atomic mass is 10.2. The average molecular weight is 289 g/mol. The molecule has 3 N–H and O–H groups in total. The van der Waals surface area contributed by atoms with E-state index in [2.05, 4.69) is 32.3 Å². The summed E-state index contributed by atoms with van der Waals surface area (Å²) in [6, 6.07) is 0.199. The van der Waals surface area contributed by atoms with Gasteiger partial charge in [0.2, 0.25) is 0 Å². The number of nitrogens with zero attached hydrogens (tertiary/aromatic N) is 5. The first kappa shape index (κ1) is 13.0. The van der Waals surface area contributed by atoms with E-state index in [0.29, 0.717) is 12.4 Å². The molecule has 0 amide bonds. The number of hydrogen-bond acceptors (Lipinski definition) is 7. The molecule has 0 aromatic carbocycles. The van der Waals surface area contributed by atoms with E-state index >= 15 is 0 Å². The number of anilines is 2. The molecule has 9 heteroatoms. The van der Waals surface area contributed by atoms with Crippen molar-refractivity contribution in [1.29, 1.82) is 0 Å². The van der Waals surface area contributed by atoms with Crippen molar-refractivity contribution in [3.63, 3.8) is 0 Å². The van der Waals surface area contributed by atoms with Crippen LogP contribution in [0.2, 0.25) is 0 Å². The van der Waals surface area contributed by atoms with Crippen molar-refractivity contribution in [2.75, 3.05) is 17.6 Å². The lowest BCUT2D eigenvalue weighted by Crippen LogP contribution is -2.01. The topological polar surface area (TPSA) is 107 Å². The van der Waals surface area contributed by atoms with Gasteiger partial charge in [-0.15, -0.1) is 21.9 Å². The highest BCUT2D eigenvalue weighted by Crippen LogP contribution is 2.29. The molecule has 0 aliphatic rings. The minimum Gasteiger partial charge on any atom is -0.403 e. The van der Waals surface area contributed by atoms with Crippen LogP contribution in [0.15, 0.2) is 23.3 Å². The van der Waals surface area contributed by atoms with Gasteiger partial charge in [-0.05, 0) is 6.92 Å². The third kappa shape index (κ3) is 2.08. The Bertz CT molecular complexity index is 822. The van der Waals surface area contributed by atoms with Gasteiger partial charge in [0, 0.05) is 12.7 Å². The molecule has 3 aromatic heterocycles. The molecule has 0 spiro atoms. The molecule has 21 heavy (non-hydrogen) atoms. The molecule has 0 saturated carbocycles. The summed E-state index contributed by atoms with van der Waals surface area (Å²) in [5.74, 6) is -0.0467. The molecule has 108 valence electrons. The van der Waals surface area contributed by atoms with E-state index in [9.17, 15) is 4.39 Å². The molecule has 0 radical (unpaired) electrons. The molecule has 0 atom stereocenters. The van der Waals surface area contributed by atoms with Gasteiger partial charge >= 0.3 is 6.01 Å². The van der Waals surface area contributed by atoms with E-state index in [0.717, 1.165) is 0 Å². The molecular formula is C12H12FN7O. The zero-order valence-corrected chi connectivity index (χ0v) is 11.2. The molecule has 0 bridgehead atoms. The summed E-state index contributed by atoms with van der Waals surface area (Å²) in [6.07, 6.45) is 3.21. The maximum absolute atomic E-state index is 14.2. The van der Waals surface area contributed by atoms with Gasteiger partial charge in [-0.3, -0.25) is 4.40 Å². The van der Waals surface area contributed by atoms with Crippen LogP contribution < -0.4 is 11.1 Å². The van der Waals surface area contributed by atoms with Gasteiger partial charge in [-0.2, -0.15) is 0 Å². The fraction of sp³-hybridized carbons (Fsp3) is 0.167. The minimum absolute atomic E-state index is 0.0540. The number of aryl methyl sites for hydroxylation is 1. The SMILES string of the molecule is C=CCNc1nnc(-c2cn3c(C)nnc3c(F)c2N)o1. The Hall–Kier alpha value is -2.97. The summed E-state index contributed by atoms with van der Waals surface area (Å²) in [5, 5.41) is 18.0. The van der Waals surface area contributed by atoms with E-state index in [1.807, 2.05) is 0 Å². The molecule has 8 nitrogen and oxygen atoms in total. The predicted octanol–water partition coefficient (Wildman–Crippen LogP) is 1.41. The number of halogens is 1. The number of rotatable bonds is 4. The Morgan fingerprint density at radius 3 is 3.00 bits per heavy atom. The van der Waals surface area contributed by atoms with Crippen molar-refractivity contribution in [3.05, 3.63) is 30.5 Å². The van der Waals surface area contributed by atoms with Crippen LogP contribution in [0.1, 0.15) is 5.82 Å². The summed E-state index contributed by atoms with van der Waals surface area (Å²) < 4.78 is 21.1. The van der Waals surface area contributed by atoms with Gasteiger partial charge in [0.05, 0.1) is 11.3 Å². The Morgan fingerprint density at radius 1 is 1.43 bits per heavy atom. The highest BCUT2D eigenvalue weighted by molar-refractivity contribution is 5.74. The number of fused-ring (bicyclic) bond motifs is 1. The summed E-state index contributed by atoms with van der Waals surface area (Å²) in [7, 11) is 0. The second-order valence-electron chi connectivity index (χ2n) is 4.29. The second kappa shape index (κ2) is 4.85. The van der Waals surface area contributed by atoms with Gasteiger partial charge in [0.25, 0.3) is 5.89 Å². The summed E-state index contributed by atoms with van der Waals surface area (Å²) in [5.41, 5.74) is 6.00. The van der Waals surface area contributed by atoms with Gasteiger partial charge < -0.3 is 15.5 Å². The number of hydrogen-bond donors (Lipinski definition) is 2. The maximum Gasteiger partial charge on any atom is 0.315 e. The molecule has 0 aliphatic carbocycles. The largest absolute Gasteiger partial charge is 0.403 e.